The van der Waals surface area contributed by atoms with E-state index in [-0.39, 0.29) is 30.8 Å². The lowest BCUT2D eigenvalue weighted by atomic mass is 9.79. The monoisotopic (exact) mass is 398 g/mol. The number of halogens is 4. The van der Waals surface area contributed by atoms with E-state index >= 15 is 0 Å². The fourth-order valence-electron chi connectivity index (χ4n) is 3.26. The molecule has 1 aliphatic rings. The Bertz CT molecular complexity index is 579. The van der Waals surface area contributed by atoms with Crippen molar-refractivity contribution >= 4 is 12.4 Å². The van der Waals surface area contributed by atoms with Crippen molar-refractivity contribution in [2.45, 2.75) is 26.3 Å². The van der Waals surface area contributed by atoms with E-state index in [9.17, 15) is 18.3 Å². The van der Waals surface area contributed by atoms with Crippen molar-refractivity contribution < 1.29 is 27.8 Å². The fourth-order valence-corrected chi connectivity index (χ4v) is 3.26. The standard InChI is InChI=1S/C17H25F3N2O3.ClH/c1-16(2,11-23)15(22-8-6-21-7-9-22)13-10-12(25-17(18,19)20)4-5-14(13)24-3;/h4-5,10,15,21,23H,6-9,11H2,1-3H3;1H/t15-;/m0./s1. The molecule has 26 heavy (non-hydrogen) atoms. The second-order valence-corrected chi connectivity index (χ2v) is 6.79. The van der Waals surface area contributed by atoms with Crippen molar-refractivity contribution in [1.29, 1.82) is 0 Å². The second-order valence-electron chi connectivity index (χ2n) is 6.79. The lowest BCUT2D eigenvalue weighted by Crippen LogP contribution is -2.49. The quantitative estimate of drug-likeness (QED) is 0.771. The first-order valence-electron chi connectivity index (χ1n) is 8.17. The lowest BCUT2D eigenvalue weighted by molar-refractivity contribution is -0.274. The number of nitrogens with zero attached hydrogens (tertiary/aromatic N) is 1. The molecule has 9 heteroatoms. The number of nitrogens with one attached hydrogen (secondary N) is 1. The van der Waals surface area contributed by atoms with Gasteiger partial charge in [0.05, 0.1) is 7.11 Å². The number of alkyl halides is 3. The van der Waals surface area contributed by atoms with Crippen LogP contribution in [0.1, 0.15) is 25.5 Å². The fraction of sp³-hybridized carbons (Fsp3) is 0.647. The molecule has 2 rings (SSSR count). The predicted octanol–water partition coefficient (Wildman–Crippen LogP) is 2.98. The summed E-state index contributed by atoms with van der Waals surface area (Å²) in [5, 5.41) is 13.1. The third-order valence-corrected chi connectivity index (χ3v) is 4.39. The van der Waals surface area contributed by atoms with Gasteiger partial charge in [0.1, 0.15) is 11.5 Å². The maximum Gasteiger partial charge on any atom is 0.573 e. The van der Waals surface area contributed by atoms with Crippen LogP contribution in [0.5, 0.6) is 11.5 Å². The number of ether oxygens (including phenoxy) is 2. The van der Waals surface area contributed by atoms with Gasteiger partial charge in [-0.1, -0.05) is 13.8 Å². The summed E-state index contributed by atoms with van der Waals surface area (Å²) in [5.41, 5.74) is -0.00761. The van der Waals surface area contributed by atoms with E-state index in [0.29, 0.717) is 11.3 Å². The molecule has 1 aliphatic heterocycles. The third-order valence-electron chi connectivity index (χ3n) is 4.39. The number of benzene rings is 1. The van der Waals surface area contributed by atoms with Gasteiger partial charge in [0, 0.05) is 49.8 Å². The number of hydrogen-bond donors (Lipinski definition) is 2. The summed E-state index contributed by atoms with van der Waals surface area (Å²) >= 11 is 0. The Morgan fingerprint density at radius 2 is 1.85 bits per heavy atom. The maximum absolute atomic E-state index is 12.6. The van der Waals surface area contributed by atoms with Crippen LogP contribution >= 0.6 is 12.4 Å². The molecule has 150 valence electrons. The van der Waals surface area contributed by atoms with Crippen molar-refractivity contribution in [1.82, 2.24) is 10.2 Å². The van der Waals surface area contributed by atoms with Crippen LogP contribution in [0.15, 0.2) is 18.2 Å². The molecule has 0 bridgehead atoms. The van der Waals surface area contributed by atoms with Crippen molar-refractivity contribution in [3.8, 4) is 11.5 Å². The minimum atomic E-state index is -4.76. The largest absolute Gasteiger partial charge is 0.573 e. The molecule has 2 N–H and O–H groups in total. The van der Waals surface area contributed by atoms with E-state index in [1.54, 1.807) is 0 Å². The van der Waals surface area contributed by atoms with Crippen LogP contribution in [-0.2, 0) is 0 Å². The van der Waals surface area contributed by atoms with Crippen molar-refractivity contribution in [3.63, 3.8) is 0 Å². The van der Waals surface area contributed by atoms with Gasteiger partial charge in [0.15, 0.2) is 0 Å². The molecule has 1 aromatic carbocycles. The van der Waals surface area contributed by atoms with Crippen molar-refractivity contribution in [3.05, 3.63) is 23.8 Å². The Hall–Kier alpha value is -1.22. The van der Waals surface area contributed by atoms with Crippen LogP contribution in [0.4, 0.5) is 13.2 Å². The van der Waals surface area contributed by atoms with Gasteiger partial charge >= 0.3 is 6.36 Å². The van der Waals surface area contributed by atoms with E-state index in [1.807, 2.05) is 13.8 Å². The zero-order chi connectivity index (χ0) is 18.7. The first kappa shape index (κ1) is 22.8. The first-order chi connectivity index (χ1) is 11.7. The number of aliphatic hydroxyl groups is 1. The number of methoxy groups -OCH3 is 1. The summed E-state index contributed by atoms with van der Waals surface area (Å²) < 4.78 is 47.3. The molecule has 0 unspecified atom stereocenters. The molecule has 1 atom stereocenters. The average Bonchev–Trinajstić information content (AvgIpc) is 2.55. The minimum absolute atomic E-state index is 0. The van der Waals surface area contributed by atoms with Gasteiger partial charge in [-0.3, -0.25) is 4.90 Å². The summed E-state index contributed by atoms with van der Waals surface area (Å²) in [5.74, 6) is 0.178. The summed E-state index contributed by atoms with van der Waals surface area (Å²) in [6.45, 7) is 6.66. The Morgan fingerprint density at radius 1 is 1.23 bits per heavy atom. The highest BCUT2D eigenvalue weighted by molar-refractivity contribution is 5.85. The van der Waals surface area contributed by atoms with E-state index in [4.69, 9.17) is 4.74 Å². The molecule has 0 radical (unpaired) electrons. The second kappa shape index (κ2) is 9.12. The van der Waals surface area contributed by atoms with Gasteiger partial charge in [0.2, 0.25) is 0 Å². The van der Waals surface area contributed by atoms with Crippen LogP contribution in [0, 0.1) is 5.41 Å². The smallest absolute Gasteiger partial charge is 0.496 e. The van der Waals surface area contributed by atoms with Crippen LogP contribution < -0.4 is 14.8 Å². The molecule has 1 heterocycles. The maximum atomic E-state index is 12.6. The van der Waals surface area contributed by atoms with E-state index < -0.39 is 11.8 Å². The first-order valence-corrected chi connectivity index (χ1v) is 8.17. The number of piperazine rings is 1. The third kappa shape index (κ3) is 5.64. The number of rotatable bonds is 6. The molecule has 0 spiro atoms. The summed E-state index contributed by atoms with van der Waals surface area (Å²) in [6, 6.07) is 3.75. The highest BCUT2D eigenvalue weighted by atomic mass is 35.5. The molecular formula is C17H26ClF3N2O3. The molecule has 1 fully saturated rings. The van der Waals surface area contributed by atoms with Crippen molar-refractivity contribution in [2.24, 2.45) is 5.41 Å². The molecule has 0 saturated carbocycles. The highest BCUT2D eigenvalue weighted by Gasteiger charge is 2.38. The minimum Gasteiger partial charge on any atom is -0.496 e. The summed E-state index contributed by atoms with van der Waals surface area (Å²) in [7, 11) is 1.48. The molecule has 1 saturated heterocycles. The SMILES string of the molecule is COc1ccc(OC(F)(F)F)cc1[C@H](N1CCNCC1)C(C)(C)CO.Cl. The Morgan fingerprint density at radius 3 is 2.35 bits per heavy atom. The van der Waals surface area contributed by atoms with Crippen LogP contribution in [0.2, 0.25) is 0 Å². The topological polar surface area (TPSA) is 54.0 Å². The summed E-state index contributed by atoms with van der Waals surface area (Å²) in [4.78, 5) is 2.15. The molecule has 0 amide bonds. The van der Waals surface area contributed by atoms with Crippen LogP contribution in [0.3, 0.4) is 0 Å². The average molecular weight is 399 g/mol. The van der Waals surface area contributed by atoms with Gasteiger partial charge in [0.25, 0.3) is 0 Å². The van der Waals surface area contributed by atoms with Crippen molar-refractivity contribution in [2.75, 3.05) is 39.9 Å². The number of aliphatic hydroxyl groups excluding tert-OH is 1. The van der Waals surface area contributed by atoms with E-state index in [1.165, 1.54) is 25.3 Å². The van der Waals surface area contributed by atoms with Crippen LogP contribution in [-0.4, -0.2) is 56.3 Å². The molecule has 0 aromatic heterocycles. The molecular weight excluding hydrogens is 373 g/mol. The lowest BCUT2D eigenvalue weighted by Gasteiger charge is -2.43. The zero-order valence-electron chi connectivity index (χ0n) is 15.1. The zero-order valence-corrected chi connectivity index (χ0v) is 15.9. The molecule has 5 nitrogen and oxygen atoms in total. The van der Waals surface area contributed by atoms with Gasteiger partial charge in [-0.05, 0) is 18.2 Å². The Kier molecular flexibility index (Phi) is 8.01. The summed E-state index contributed by atoms with van der Waals surface area (Å²) in [6.07, 6.45) is -4.76. The predicted molar refractivity (Wildman–Crippen MR) is 95.0 cm³/mol. The highest BCUT2D eigenvalue weighted by Crippen LogP contribution is 2.43. The Balaban J connectivity index is 0.00000338. The van der Waals surface area contributed by atoms with Gasteiger partial charge in [-0.25, -0.2) is 0 Å². The normalized spacial score (nSPS) is 17.3. The molecule has 0 aliphatic carbocycles. The number of hydrogen-bond acceptors (Lipinski definition) is 5. The molecule has 1 aromatic rings. The van der Waals surface area contributed by atoms with Gasteiger partial charge in [-0.15, -0.1) is 25.6 Å². The van der Waals surface area contributed by atoms with E-state index in [2.05, 4.69) is 15.0 Å². The van der Waals surface area contributed by atoms with Gasteiger partial charge in [-0.2, -0.15) is 0 Å². The Labute approximate surface area is 157 Å². The van der Waals surface area contributed by atoms with Crippen LogP contribution in [0.25, 0.3) is 0 Å². The van der Waals surface area contributed by atoms with E-state index in [0.717, 1.165) is 26.2 Å². The van der Waals surface area contributed by atoms with Gasteiger partial charge < -0.3 is 19.9 Å².